The Kier molecular flexibility index (Phi) is 7.68. The molecule has 0 bridgehead atoms. The molecule has 0 unspecified atom stereocenters. The van der Waals surface area contributed by atoms with Crippen LogP contribution in [0.25, 0.3) is 0 Å². The Bertz CT molecular complexity index is 817. The number of nitrogens with one attached hydrogen (secondary N) is 2. The van der Waals surface area contributed by atoms with Crippen molar-refractivity contribution in [2.24, 2.45) is 4.99 Å². The van der Waals surface area contributed by atoms with Crippen molar-refractivity contribution in [3.05, 3.63) is 59.2 Å². The lowest BCUT2D eigenvalue weighted by Gasteiger charge is -2.15. The fraction of sp³-hybridized carbons (Fsp3) is 0.333. The summed E-state index contributed by atoms with van der Waals surface area (Å²) in [6, 6.07) is 13.3. The van der Waals surface area contributed by atoms with Crippen molar-refractivity contribution in [3.63, 3.8) is 0 Å². The van der Waals surface area contributed by atoms with Crippen molar-refractivity contribution in [2.45, 2.75) is 13.1 Å². The molecule has 0 atom stereocenters. The second-order valence-corrected chi connectivity index (χ2v) is 6.33. The minimum Gasteiger partial charge on any atom is -0.493 e. The number of amides is 1. The molecule has 0 heterocycles. The number of carbonyl (C=O) groups excluding carboxylic acids is 1. The number of benzene rings is 2. The van der Waals surface area contributed by atoms with E-state index in [1.807, 2.05) is 42.5 Å². The fourth-order valence-electron chi connectivity index (χ4n) is 2.70. The van der Waals surface area contributed by atoms with Crippen LogP contribution >= 0.6 is 0 Å². The van der Waals surface area contributed by atoms with E-state index in [9.17, 15) is 4.79 Å². The third kappa shape index (κ3) is 5.39. The van der Waals surface area contributed by atoms with Crippen LogP contribution in [0.1, 0.15) is 21.5 Å². The van der Waals surface area contributed by atoms with Gasteiger partial charge >= 0.3 is 0 Å². The topological polar surface area (TPSA) is 75.2 Å². The maximum atomic E-state index is 11.9. The molecule has 2 aromatic carbocycles. The van der Waals surface area contributed by atoms with E-state index in [1.165, 1.54) is 0 Å². The smallest absolute Gasteiger partial charge is 0.253 e. The van der Waals surface area contributed by atoms with Crippen LogP contribution in [0.3, 0.4) is 0 Å². The first-order valence-corrected chi connectivity index (χ1v) is 8.95. The van der Waals surface area contributed by atoms with Gasteiger partial charge in [0.15, 0.2) is 17.5 Å². The Morgan fingerprint density at radius 2 is 1.68 bits per heavy atom. The van der Waals surface area contributed by atoms with Crippen molar-refractivity contribution in [1.29, 1.82) is 0 Å². The lowest BCUT2D eigenvalue weighted by molar-refractivity contribution is 0.0827. The molecule has 0 fully saturated rings. The van der Waals surface area contributed by atoms with Crippen LogP contribution in [0.5, 0.6) is 11.5 Å². The molecule has 7 nitrogen and oxygen atoms in total. The average Bonchev–Trinajstić information content (AvgIpc) is 2.73. The molecule has 2 aromatic rings. The highest BCUT2D eigenvalue weighted by Crippen LogP contribution is 2.30. The van der Waals surface area contributed by atoms with E-state index in [4.69, 9.17) is 9.47 Å². The summed E-state index contributed by atoms with van der Waals surface area (Å²) in [5.41, 5.74) is 2.69. The predicted octanol–water partition coefficient (Wildman–Crippen LogP) is 2.27. The normalized spacial score (nSPS) is 11.0. The monoisotopic (exact) mass is 384 g/mol. The highest BCUT2D eigenvalue weighted by atomic mass is 16.5. The van der Waals surface area contributed by atoms with Crippen molar-refractivity contribution in [3.8, 4) is 11.5 Å². The molecule has 1 amide bonds. The summed E-state index contributed by atoms with van der Waals surface area (Å²) in [6.07, 6.45) is 0. The molecule has 0 saturated heterocycles. The van der Waals surface area contributed by atoms with Gasteiger partial charge in [-0.3, -0.25) is 9.79 Å². The van der Waals surface area contributed by atoms with Crippen molar-refractivity contribution < 1.29 is 14.3 Å². The van der Waals surface area contributed by atoms with Gasteiger partial charge in [0.1, 0.15) is 0 Å². The van der Waals surface area contributed by atoms with E-state index in [-0.39, 0.29) is 5.91 Å². The van der Waals surface area contributed by atoms with Crippen LogP contribution in [-0.2, 0) is 13.1 Å². The summed E-state index contributed by atoms with van der Waals surface area (Å²) in [4.78, 5) is 17.8. The van der Waals surface area contributed by atoms with E-state index in [0.29, 0.717) is 36.1 Å². The molecule has 0 aliphatic rings. The third-order valence-corrected chi connectivity index (χ3v) is 4.22. The highest BCUT2D eigenvalue weighted by molar-refractivity contribution is 5.93. The highest BCUT2D eigenvalue weighted by Gasteiger charge is 2.10. The molecule has 0 aliphatic carbocycles. The number of carbonyl (C=O) groups is 1. The zero-order valence-corrected chi connectivity index (χ0v) is 17.1. The van der Waals surface area contributed by atoms with Gasteiger partial charge in [0.2, 0.25) is 0 Å². The number of aliphatic imine (C=N–C) groups is 1. The Morgan fingerprint density at radius 3 is 2.25 bits per heavy atom. The van der Waals surface area contributed by atoms with E-state index in [1.54, 1.807) is 40.3 Å². The van der Waals surface area contributed by atoms with Gasteiger partial charge in [0.05, 0.1) is 14.2 Å². The molecule has 150 valence electrons. The van der Waals surface area contributed by atoms with E-state index in [2.05, 4.69) is 15.6 Å². The van der Waals surface area contributed by atoms with Crippen molar-refractivity contribution in [2.75, 3.05) is 35.4 Å². The van der Waals surface area contributed by atoms with Crippen LogP contribution < -0.4 is 20.1 Å². The number of ether oxygens (including phenoxy) is 2. The molecular formula is C21H28N4O3. The Morgan fingerprint density at radius 1 is 1.00 bits per heavy atom. The van der Waals surface area contributed by atoms with Crippen LogP contribution in [0.2, 0.25) is 0 Å². The standard InChI is InChI=1S/C21H28N4O3/c1-22-21(24-14-17-7-6-8-18(27-4)19(17)28-5)23-13-15-9-11-16(12-10-15)20(26)25(2)3/h6-12H,13-14H2,1-5H3,(H2,22,23,24). The predicted molar refractivity (Wildman–Crippen MR) is 111 cm³/mol. The molecule has 0 aliphatic heterocycles. The lowest BCUT2D eigenvalue weighted by atomic mass is 10.1. The Balaban J connectivity index is 1.94. The second kappa shape index (κ2) is 10.2. The minimum absolute atomic E-state index is 0.00998. The number of hydrogen-bond acceptors (Lipinski definition) is 4. The first-order valence-electron chi connectivity index (χ1n) is 8.95. The number of para-hydroxylation sites is 1. The fourth-order valence-corrected chi connectivity index (χ4v) is 2.70. The maximum absolute atomic E-state index is 11.9. The summed E-state index contributed by atoms with van der Waals surface area (Å²) in [5.74, 6) is 2.05. The van der Waals surface area contributed by atoms with Gasteiger partial charge in [0, 0.05) is 45.4 Å². The number of guanidine groups is 1. The summed E-state index contributed by atoms with van der Waals surface area (Å²) >= 11 is 0. The van der Waals surface area contributed by atoms with E-state index in [0.717, 1.165) is 11.1 Å². The number of methoxy groups -OCH3 is 2. The van der Waals surface area contributed by atoms with Crippen LogP contribution in [-0.4, -0.2) is 52.1 Å². The first-order chi connectivity index (χ1) is 13.5. The number of hydrogen-bond donors (Lipinski definition) is 2. The summed E-state index contributed by atoms with van der Waals surface area (Å²) in [7, 11) is 8.44. The molecule has 28 heavy (non-hydrogen) atoms. The van der Waals surface area contributed by atoms with Crippen molar-refractivity contribution >= 4 is 11.9 Å². The SMILES string of the molecule is CN=C(NCc1ccc(C(=O)N(C)C)cc1)NCc1cccc(OC)c1OC. The lowest BCUT2D eigenvalue weighted by Crippen LogP contribution is -2.36. The third-order valence-electron chi connectivity index (χ3n) is 4.22. The van der Waals surface area contributed by atoms with Crippen LogP contribution in [0.15, 0.2) is 47.5 Å². The molecular weight excluding hydrogens is 356 g/mol. The molecule has 2 rings (SSSR count). The van der Waals surface area contributed by atoms with Gasteiger partial charge in [-0.25, -0.2) is 0 Å². The summed E-state index contributed by atoms with van der Waals surface area (Å²) in [6.45, 7) is 1.13. The zero-order valence-electron chi connectivity index (χ0n) is 17.1. The molecule has 7 heteroatoms. The number of rotatable bonds is 7. The summed E-state index contributed by atoms with van der Waals surface area (Å²) < 4.78 is 10.8. The minimum atomic E-state index is -0.00998. The quantitative estimate of drug-likeness (QED) is 0.566. The van der Waals surface area contributed by atoms with Crippen molar-refractivity contribution in [1.82, 2.24) is 15.5 Å². The summed E-state index contributed by atoms with van der Waals surface area (Å²) in [5, 5.41) is 6.53. The Hall–Kier alpha value is -3.22. The van der Waals surface area contributed by atoms with Gasteiger partial charge < -0.3 is 25.0 Å². The molecule has 0 aromatic heterocycles. The average molecular weight is 384 g/mol. The second-order valence-electron chi connectivity index (χ2n) is 6.33. The largest absolute Gasteiger partial charge is 0.493 e. The molecule has 0 saturated carbocycles. The van der Waals surface area contributed by atoms with Gasteiger partial charge in [0.25, 0.3) is 5.91 Å². The maximum Gasteiger partial charge on any atom is 0.253 e. The number of nitrogens with zero attached hydrogens (tertiary/aromatic N) is 2. The van der Waals surface area contributed by atoms with Gasteiger partial charge in [-0.15, -0.1) is 0 Å². The first kappa shape index (κ1) is 21.1. The molecule has 0 spiro atoms. The van der Waals surface area contributed by atoms with E-state index < -0.39 is 0 Å². The van der Waals surface area contributed by atoms with Crippen LogP contribution in [0, 0.1) is 0 Å². The van der Waals surface area contributed by atoms with Gasteiger partial charge in [-0.2, -0.15) is 0 Å². The van der Waals surface area contributed by atoms with Gasteiger partial charge in [-0.05, 0) is 23.8 Å². The Labute approximate surface area is 166 Å². The molecule has 0 radical (unpaired) electrons. The van der Waals surface area contributed by atoms with Crippen LogP contribution in [0.4, 0.5) is 0 Å². The zero-order chi connectivity index (χ0) is 20.5. The van der Waals surface area contributed by atoms with E-state index >= 15 is 0 Å². The molecule has 2 N–H and O–H groups in total. The van der Waals surface area contributed by atoms with Gasteiger partial charge in [-0.1, -0.05) is 24.3 Å².